The minimum Gasteiger partial charge on any atom is -0.379 e. The van der Waals surface area contributed by atoms with E-state index in [9.17, 15) is 4.79 Å². The molecule has 3 atom stereocenters. The molecule has 3 rings (SSSR count). The molecular weight excluding hydrogens is 373 g/mol. The van der Waals surface area contributed by atoms with Crippen molar-refractivity contribution in [2.24, 2.45) is 11.7 Å². The van der Waals surface area contributed by atoms with E-state index in [1.54, 1.807) is 0 Å². The molecule has 7 heteroatoms. The number of carbonyl (C=O) groups excluding carboxylic acids is 1. The predicted octanol–water partition coefficient (Wildman–Crippen LogP) is 3.38. The van der Waals surface area contributed by atoms with Gasteiger partial charge in [0.2, 0.25) is 5.91 Å². The molecule has 1 amide bonds. The zero-order valence-electron chi connectivity index (χ0n) is 15.4. The fraction of sp³-hybridized carbons (Fsp3) is 0.632. The molecule has 0 aromatic heterocycles. The molecule has 1 saturated heterocycles. The van der Waals surface area contributed by atoms with Crippen molar-refractivity contribution in [3.63, 3.8) is 0 Å². The van der Waals surface area contributed by atoms with Crippen molar-refractivity contribution in [3.8, 4) is 0 Å². The molecule has 1 heterocycles. The van der Waals surface area contributed by atoms with Crippen LogP contribution in [-0.2, 0) is 9.53 Å². The van der Waals surface area contributed by atoms with Crippen LogP contribution < -0.4 is 11.1 Å². The van der Waals surface area contributed by atoms with Gasteiger partial charge in [-0.05, 0) is 43.9 Å². The van der Waals surface area contributed by atoms with Gasteiger partial charge in [-0.3, -0.25) is 9.69 Å². The van der Waals surface area contributed by atoms with Crippen LogP contribution in [0.2, 0.25) is 0 Å². The summed E-state index contributed by atoms with van der Waals surface area (Å²) in [6.45, 7) is 5.79. The summed E-state index contributed by atoms with van der Waals surface area (Å²) in [5, 5.41) is 3.05. The van der Waals surface area contributed by atoms with E-state index in [1.165, 1.54) is 5.56 Å². The molecule has 0 bridgehead atoms. The number of morpholine rings is 1. The number of rotatable bonds is 4. The van der Waals surface area contributed by atoms with Gasteiger partial charge in [0.25, 0.3) is 0 Å². The van der Waals surface area contributed by atoms with Gasteiger partial charge in [0.1, 0.15) is 0 Å². The number of halogens is 2. The normalized spacial score (nSPS) is 24.7. The van der Waals surface area contributed by atoms with E-state index in [2.05, 4.69) is 29.3 Å². The van der Waals surface area contributed by atoms with Gasteiger partial charge in [-0.15, -0.1) is 24.8 Å². The highest BCUT2D eigenvalue weighted by molar-refractivity contribution is 5.92. The molecule has 0 spiro atoms. The molecule has 0 radical (unpaired) electrons. The summed E-state index contributed by atoms with van der Waals surface area (Å²) in [5.41, 5.74) is 8.13. The first-order chi connectivity index (χ1) is 11.6. The average Bonchev–Trinajstić information content (AvgIpc) is 2.62. The number of nitrogens with two attached hydrogens (primary N) is 1. The lowest BCUT2D eigenvalue weighted by atomic mass is 9.85. The Hall–Kier alpha value is -0.850. The Labute approximate surface area is 168 Å². The van der Waals surface area contributed by atoms with Crippen molar-refractivity contribution in [2.45, 2.75) is 44.7 Å². The first-order valence-corrected chi connectivity index (χ1v) is 9.11. The van der Waals surface area contributed by atoms with Crippen molar-refractivity contribution in [1.29, 1.82) is 0 Å². The van der Waals surface area contributed by atoms with Crippen LogP contribution in [0.5, 0.6) is 0 Å². The fourth-order valence-corrected chi connectivity index (χ4v) is 3.73. The second-order valence-corrected chi connectivity index (χ2v) is 7.06. The van der Waals surface area contributed by atoms with Gasteiger partial charge in [-0.2, -0.15) is 0 Å². The lowest BCUT2D eigenvalue weighted by molar-refractivity contribution is -0.120. The minimum atomic E-state index is 0. The molecule has 1 aromatic carbocycles. The topological polar surface area (TPSA) is 67.6 Å². The lowest BCUT2D eigenvalue weighted by Crippen LogP contribution is -2.38. The molecule has 26 heavy (non-hydrogen) atoms. The molecule has 1 saturated carbocycles. The first kappa shape index (κ1) is 23.2. The molecule has 1 aliphatic carbocycles. The van der Waals surface area contributed by atoms with Crippen LogP contribution >= 0.6 is 24.8 Å². The maximum Gasteiger partial charge on any atom is 0.227 e. The summed E-state index contributed by atoms with van der Waals surface area (Å²) < 4.78 is 5.42. The Morgan fingerprint density at radius 1 is 1.19 bits per heavy atom. The van der Waals surface area contributed by atoms with Crippen molar-refractivity contribution >= 4 is 36.4 Å². The third kappa shape index (κ3) is 6.10. The smallest absolute Gasteiger partial charge is 0.227 e. The number of carbonyl (C=O) groups is 1. The zero-order valence-corrected chi connectivity index (χ0v) is 17.0. The number of hydrogen-bond acceptors (Lipinski definition) is 4. The molecule has 1 aromatic rings. The van der Waals surface area contributed by atoms with Gasteiger partial charge in [0.05, 0.1) is 13.2 Å². The van der Waals surface area contributed by atoms with Gasteiger partial charge in [0.15, 0.2) is 0 Å². The molecule has 3 N–H and O–H groups in total. The highest BCUT2D eigenvalue weighted by Gasteiger charge is 2.25. The van der Waals surface area contributed by atoms with E-state index in [-0.39, 0.29) is 42.7 Å². The number of hydrogen-bond donors (Lipinski definition) is 2. The minimum absolute atomic E-state index is 0. The molecule has 2 fully saturated rings. The van der Waals surface area contributed by atoms with Gasteiger partial charge in [0, 0.05) is 36.8 Å². The number of nitrogens with zero attached hydrogens (tertiary/aromatic N) is 1. The van der Waals surface area contributed by atoms with E-state index in [0.29, 0.717) is 6.04 Å². The average molecular weight is 404 g/mol. The van der Waals surface area contributed by atoms with Crippen LogP contribution in [0.1, 0.15) is 44.2 Å². The number of nitrogens with one attached hydrogen (secondary N) is 1. The van der Waals surface area contributed by atoms with Crippen molar-refractivity contribution < 1.29 is 9.53 Å². The van der Waals surface area contributed by atoms with Crippen LogP contribution in [0.3, 0.4) is 0 Å². The Kier molecular flexibility index (Phi) is 9.90. The predicted molar refractivity (Wildman–Crippen MR) is 110 cm³/mol. The number of amides is 1. The summed E-state index contributed by atoms with van der Waals surface area (Å²) in [6.07, 6.45) is 3.84. The summed E-state index contributed by atoms with van der Waals surface area (Å²) >= 11 is 0. The van der Waals surface area contributed by atoms with Crippen LogP contribution in [0.15, 0.2) is 24.3 Å². The summed E-state index contributed by atoms with van der Waals surface area (Å²) in [4.78, 5) is 14.8. The van der Waals surface area contributed by atoms with Gasteiger partial charge < -0.3 is 15.8 Å². The van der Waals surface area contributed by atoms with Crippen molar-refractivity contribution in [3.05, 3.63) is 29.8 Å². The highest BCUT2D eigenvalue weighted by Crippen LogP contribution is 2.26. The summed E-state index contributed by atoms with van der Waals surface area (Å²) in [6, 6.07) is 8.78. The monoisotopic (exact) mass is 403 g/mol. The quantitative estimate of drug-likeness (QED) is 0.808. The zero-order chi connectivity index (χ0) is 16.9. The number of ether oxygens (including phenoxy) is 1. The van der Waals surface area contributed by atoms with E-state index >= 15 is 0 Å². The molecule has 1 aliphatic heterocycles. The Balaban J connectivity index is 0.00000169. The third-order valence-corrected chi connectivity index (χ3v) is 5.34. The van der Waals surface area contributed by atoms with Crippen LogP contribution in [0, 0.1) is 5.92 Å². The van der Waals surface area contributed by atoms with E-state index in [1.807, 2.05) is 12.1 Å². The fourth-order valence-electron chi connectivity index (χ4n) is 3.73. The number of anilines is 1. The SMILES string of the molecule is CC(c1ccc(NC(=O)C2CCCC(N)C2)cc1)N1CCOCC1.Cl.Cl. The third-order valence-electron chi connectivity index (χ3n) is 5.34. The van der Waals surface area contributed by atoms with E-state index < -0.39 is 0 Å². The van der Waals surface area contributed by atoms with E-state index in [0.717, 1.165) is 57.7 Å². The van der Waals surface area contributed by atoms with E-state index in [4.69, 9.17) is 10.5 Å². The van der Waals surface area contributed by atoms with Crippen molar-refractivity contribution in [1.82, 2.24) is 4.90 Å². The van der Waals surface area contributed by atoms with Crippen LogP contribution in [0.25, 0.3) is 0 Å². The second-order valence-electron chi connectivity index (χ2n) is 7.06. The Bertz CT molecular complexity index is 550. The summed E-state index contributed by atoms with van der Waals surface area (Å²) in [7, 11) is 0. The Morgan fingerprint density at radius 3 is 2.46 bits per heavy atom. The maximum atomic E-state index is 12.4. The molecule has 5 nitrogen and oxygen atoms in total. The highest BCUT2D eigenvalue weighted by atomic mass is 35.5. The second kappa shape index (κ2) is 11.1. The maximum absolute atomic E-state index is 12.4. The lowest BCUT2D eigenvalue weighted by Gasteiger charge is -2.32. The van der Waals surface area contributed by atoms with Crippen molar-refractivity contribution in [2.75, 3.05) is 31.6 Å². The standard InChI is InChI=1S/C19H29N3O2.2ClH/c1-14(22-9-11-24-12-10-22)15-5-7-18(8-6-15)21-19(23)16-3-2-4-17(20)13-16;;/h5-8,14,16-17H,2-4,9-13,20H2,1H3,(H,21,23);2*1H. The molecule has 148 valence electrons. The first-order valence-electron chi connectivity index (χ1n) is 9.11. The molecule has 2 aliphatic rings. The largest absolute Gasteiger partial charge is 0.379 e. The van der Waals surface area contributed by atoms with Gasteiger partial charge >= 0.3 is 0 Å². The summed E-state index contributed by atoms with van der Waals surface area (Å²) in [5.74, 6) is 0.167. The number of benzene rings is 1. The molecular formula is C19H31Cl2N3O2. The van der Waals surface area contributed by atoms with Gasteiger partial charge in [-0.25, -0.2) is 0 Å². The molecule has 3 unspecified atom stereocenters. The van der Waals surface area contributed by atoms with Gasteiger partial charge in [-0.1, -0.05) is 18.6 Å². The Morgan fingerprint density at radius 2 is 1.85 bits per heavy atom. The van der Waals surface area contributed by atoms with Crippen LogP contribution in [0.4, 0.5) is 5.69 Å². The van der Waals surface area contributed by atoms with Crippen LogP contribution in [-0.4, -0.2) is 43.2 Å².